The fraction of sp³-hybridized carbons (Fsp3) is 0.0952. The van der Waals surface area contributed by atoms with Gasteiger partial charge >= 0.3 is 0 Å². The lowest BCUT2D eigenvalue weighted by atomic mass is 10.0. The highest BCUT2D eigenvalue weighted by molar-refractivity contribution is 5.91. The molecule has 144 valence electrons. The van der Waals surface area contributed by atoms with E-state index in [2.05, 4.69) is 4.98 Å². The molecule has 3 rings (SSSR count). The first-order valence-corrected chi connectivity index (χ1v) is 8.17. The summed E-state index contributed by atoms with van der Waals surface area (Å²) in [6, 6.07) is 11.1. The number of aromatic nitrogens is 1. The van der Waals surface area contributed by atoms with Gasteiger partial charge in [-0.25, -0.2) is 18.2 Å². The average molecular weight is 395 g/mol. The first kappa shape index (κ1) is 19.7. The molecule has 0 amide bonds. The number of ether oxygens (including phenoxy) is 2. The highest BCUT2D eigenvalue weighted by Gasteiger charge is 2.24. The largest absolute Gasteiger partial charge is 0.494 e. The Hall–Kier alpha value is -4.04. The molecule has 0 aliphatic carbocycles. The van der Waals surface area contributed by atoms with Gasteiger partial charge in [0.1, 0.15) is 29.2 Å². The monoisotopic (exact) mass is 395 g/mol. The number of nitriles is 2. The molecule has 0 radical (unpaired) electrons. The number of halogens is 3. The molecule has 0 saturated heterocycles. The first-order valence-electron chi connectivity index (χ1n) is 8.17. The van der Waals surface area contributed by atoms with Crippen LogP contribution in [0.15, 0.2) is 42.0 Å². The fourth-order valence-electron chi connectivity index (χ4n) is 2.92. The number of fused-ring (bicyclic) bond motifs is 1. The maximum Gasteiger partial charge on any atom is 0.192 e. The molecule has 29 heavy (non-hydrogen) atoms. The van der Waals surface area contributed by atoms with Crippen LogP contribution in [0.4, 0.5) is 13.2 Å². The topological polar surface area (TPSA) is 78.9 Å². The zero-order valence-corrected chi connectivity index (χ0v) is 15.3. The molecular weight excluding hydrogens is 383 g/mol. The van der Waals surface area contributed by atoms with Gasteiger partial charge in [-0.15, -0.1) is 0 Å². The van der Waals surface area contributed by atoms with Gasteiger partial charge in [0.05, 0.1) is 19.8 Å². The summed E-state index contributed by atoms with van der Waals surface area (Å²) in [7, 11) is 2.37. The van der Waals surface area contributed by atoms with Crippen LogP contribution in [0.1, 0.15) is 5.56 Å². The molecule has 1 heterocycles. The number of methoxy groups -OCH3 is 2. The van der Waals surface area contributed by atoms with Gasteiger partial charge in [-0.3, -0.25) is 0 Å². The molecule has 0 aliphatic heterocycles. The SMILES string of the molecule is COC(=C(C#N)C#N)c1ccc2c(OC)c(F)c(-c3ccccc3F)nc2c1F. The number of hydrogen-bond donors (Lipinski definition) is 0. The summed E-state index contributed by atoms with van der Waals surface area (Å²) in [5.74, 6) is -3.28. The van der Waals surface area contributed by atoms with Crippen LogP contribution in [0.5, 0.6) is 5.75 Å². The van der Waals surface area contributed by atoms with Crippen molar-refractivity contribution in [2.24, 2.45) is 0 Å². The van der Waals surface area contributed by atoms with E-state index in [1.165, 1.54) is 44.6 Å². The van der Waals surface area contributed by atoms with Crippen LogP contribution in [0, 0.1) is 40.1 Å². The van der Waals surface area contributed by atoms with Crippen LogP contribution in [0.25, 0.3) is 27.9 Å². The van der Waals surface area contributed by atoms with Gasteiger partial charge in [-0.2, -0.15) is 10.5 Å². The normalized spacial score (nSPS) is 10.2. The van der Waals surface area contributed by atoms with Gasteiger partial charge in [0.2, 0.25) is 0 Å². The molecule has 0 unspecified atom stereocenters. The number of rotatable bonds is 4. The second-order valence-electron chi connectivity index (χ2n) is 5.74. The number of allylic oxidation sites excluding steroid dienone is 1. The van der Waals surface area contributed by atoms with Gasteiger partial charge in [0, 0.05) is 10.9 Å². The van der Waals surface area contributed by atoms with Crippen molar-refractivity contribution in [2.75, 3.05) is 14.2 Å². The lowest BCUT2D eigenvalue weighted by Gasteiger charge is -2.14. The summed E-state index contributed by atoms with van der Waals surface area (Å²) >= 11 is 0. The van der Waals surface area contributed by atoms with E-state index in [1.54, 1.807) is 12.1 Å². The Balaban J connectivity index is 2.43. The molecule has 5 nitrogen and oxygen atoms in total. The number of nitrogens with zero attached hydrogens (tertiary/aromatic N) is 3. The van der Waals surface area contributed by atoms with Crippen molar-refractivity contribution in [3.05, 3.63) is 65.0 Å². The smallest absolute Gasteiger partial charge is 0.192 e. The Labute approximate surface area is 163 Å². The van der Waals surface area contributed by atoms with E-state index in [-0.39, 0.29) is 33.5 Å². The van der Waals surface area contributed by atoms with E-state index in [4.69, 9.17) is 20.0 Å². The second kappa shape index (κ2) is 7.91. The van der Waals surface area contributed by atoms with Crippen molar-refractivity contribution in [2.45, 2.75) is 0 Å². The fourth-order valence-corrected chi connectivity index (χ4v) is 2.92. The molecule has 0 spiro atoms. The molecule has 0 aliphatic rings. The van der Waals surface area contributed by atoms with Crippen LogP contribution in [-0.4, -0.2) is 19.2 Å². The summed E-state index contributed by atoms with van der Waals surface area (Å²) in [5, 5.41) is 18.1. The van der Waals surface area contributed by atoms with Gasteiger partial charge in [0.15, 0.2) is 28.7 Å². The van der Waals surface area contributed by atoms with E-state index < -0.39 is 28.7 Å². The maximum absolute atomic E-state index is 15.3. The third-order valence-electron chi connectivity index (χ3n) is 4.22. The molecule has 2 aromatic carbocycles. The standard InChI is InChI=1S/C21H12F3N3O2/c1-28-20(11(9-25)10-26)13-7-8-14-19(16(13)23)27-18(17(24)21(14)29-2)12-5-3-4-6-15(12)22/h3-8H,1-2H3. The molecular formula is C21H12F3N3O2. The minimum atomic E-state index is -0.974. The van der Waals surface area contributed by atoms with Gasteiger partial charge in [-0.05, 0) is 24.3 Å². The quantitative estimate of drug-likeness (QED) is 0.471. The summed E-state index contributed by atoms with van der Waals surface area (Å²) in [6.45, 7) is 0. The number of benzene rings is 2. The molecule has 3 aromatic rings. The Bertz CT molecular complexity index is 1220. The minimum Gasteiger partial charge on any atom is -0.494 e. The maximum atomic E-state index is 15.3. The molecule has 0 atom stereocenters. The van der Waals surface area contributed by atoms with E-state index in [9.17, 15) is 8.78 Å². The average Bonchev–Trinajstić information content (AvgIpc) is 2.73. The van der Waals surface area contributed by atoms with Gasteiger partial charge in [-0.1, -0.05) is 12.1 Å². The Morgan fingerprint density at radius 3 is 2.24 bits per heavy atom. The van der Waals surface area contributed by atoms with Crippen molar-refractivity contribution in [3.63, 3.8) is 0 Å². The van der Waals surface area contributed by atoms with Crippen LogP contribution in [0.3, 0.4) is 0 Å². The highest BCUT2D eigenvalue weighted by atomic mass is 19.1. The Morgan fingerprint density at radius 2 is 1.66 bits per heavy atom. The van der Waals surface area contributed by atoms with Crippen molar-refractivity contribution >= 4 is 16.7 Å². The zero-order valence-electron chi connectivity index (χ0n) is 15.3. The highest BCUT2D eigenvalue weighted by Crippen LogP contribution is 2.38. The summed E-state index contributed by atoms with van der Waals surface area (Å²) in [4.78, 5) is 3.99. The van der Waals surface area contributed by atoms with Crippen molar-refractivity contribution in [1.29, 1.82) is 10.5 Å². The van der Waals surface area contributed by atoms with Crippen molar-refractivity contribution in [3.8, 4) is 29.1 Å². The van der Waals surface area contributed by atoms with Crippen molar-refractivity contribution in [1.82, 2.24) is 4.98 Å². The van der Waals surface area contributed by atoms with E-state index in [1.807, 2.05) is 0 Å². The lowest BCUT2D eigenvalue weighted by molar-refractivity contribution is 0.366. The van der Waals surface area contributed by atoms with Gasteiger partial charge < -0.3 is 9.47 Å². The third-order valence-corrected chi connectivity index (χ3v) is 4.22. The van der Waals surface area contributed by atoms with Crippen LogP contribution < -0.4 is 4.74 Å². The van der Waals surface area contributed by atoms with Gasteiger partial charge in [0.25, 0.3) is 0 Å². The number of pyridine rings is 1. The van der Waals surface area contributed by atoms with E-state index in [0.717, 1.165) is 6.07 Å². The molecule has 0 saturated carbocycles. The second-order valence-corrected chi connectivity index (χ2v) is 5.74. The summed E-state index contributed by atoms with van der Waals surface area (Å²) in [6.07, 6.45) is 0. The van der Waals surface area contributed by atoms with Crippen LogP contribution in [0.2, 0.25) is 0 Å². The van der Waals surface area contributed by atoms with E-state index >= 15 is 4.39 Å². The summed E-state index contributed by atoms with van der Waals surface area (Å²) < 4.78 is 54.6. The molecule has 0 N–H and O–H groups in total. The Kier molecular flexibility index (Phi) is 5.38. The lowest BCUT2D eigenvalue weighted by Crippen LogP contribution is -2.03. The van der Waals surface area contributed by atoms with Crippen molar-refractivity contribution < 1.29 is 22.6 Å². The van der Waals surface area contributed by atoms with E-state index in [0.29, 0.717) is 0 Å². The Morgan fingerprint density at radius 1 is 0.966 bits per heavy atom. The number of hydrogen-bond acceptors (Lipinski definition) is 5. The molecule has 1 aromatic heterocycles. The molecule has 0 fully saturated rings. The predicted octanol–water partition coefficient (Wildman–Crippen LogP) is 4.73. The van der Waals surface area contributed by atoms with Crippen LogP contribution >= 0.6 is 0 Å². The van der Waals surface area contributed by atoms with Crippen LogP contribution in [-0.2, 0) is 4.74 Å². The summed E-state index contributed by atoms with van der Waals surface area (Å²) in [5.41, 5.74) is -1.61. The minimum absolute atomic E-state index is 0.00254. The zero-order chi connectivity index (χ0) is 21.1. The molecule has 8 heteroatoms. The molecule has 0 bridgehead atoms. The predicted molar refractivity (Wildman–Crippen MR) is 98.8 cm³/mol. The third kappa shape index (κ3) is 3.21. The first-order chi connectivity index (χ1) is 14.0.